The molecule has 1 heterocycles. The maximum atomic E-state index is 5.45. The van der Waals surface area contributed by atoms with Crippen LogP contribution in [0.4, 0.5) is 0 Å². The molecular formula is C14H23N2O+. The Balaban J connectivity index is 2.70. The maximum Gasteiger partial charge on any atom is 0.264 e. The Hall–Kier alpha value is -1.14. The van der Waals surface area contributed by atoms with Gasteiger partial charge in [0.1, 0.15) is 0 Å². The van der Waals surface area contributed by atoms with Gasteiger partial charge in [0.2, 0.25) is 0 Å². The highest BCUT2D eigenvalue weighted by Crippen LogP contribution is 2.36. The van der Waals surface area contributed by atoms with Gasteiger partial charge in [0.05, 0.1) is 0 Å². The van der Waals surface area contributed by atoms with Crippen LogP contribution in [0.15, 0.2) is 17.6 Å². The first-order chi connectivity index (χ1) is 8.25. The largest absolute Gasteiger partial charge is 0.381 e. The second-order valence-electron chi connectivity index (χ2n) is 4.59. The van der Waals surface area contributed by atoms with Crippen LogP contribution in [0.1, 0.15) is 32.6 Å². The average molecular weight is 235 g/mol. The van der Waals surface area contributed by atoms with Gasteiger partial charge in [-0.05, 0) is 26.2 Å². The van der Waals surface area contributed by atoms with Crippen LogP contribution in [0.5, 0.6) is 0 Å². The van der Waals surface area contributed by atoms with Gasteiger partial charge in [-0.1, -0.05) is 10.9 Å². The minimum Gasteiger partial charge on any atom is -0.381 e. The van der Waals surface area contributed by atoms with Crippen LogP contribution in [0.2, 0.25) is 0 Å². The predicted molar refractivity (Wildman–Crippen MR) is 73.1 cm³/mol. The van der Waals surface area contributed by atoms with E-state index in [2.05, 4.69) is 23.3 Å². The molecule has 1 rings (SSSR count). The topological polar surface area (TPSA) is 25.9 Å². The quantitative estimate of drug-likeness (QED) is 0.394. The molecule has 1 aliphatic heterocycles. The third kappa shape index (κ3) is 3.98. The third-order valence-electron chi connectivity index (χ3n) is 3.62. The summed E-state index contributed by atoms with van der Waals surface area (Å²) < 4.78 is 5.45. The molecule has 0 spiro atoms. The molecule has 0 aromatic carbocycles. The Kier molecular flexibility index (Phi) is 5.93. The van der Waals surface area contributed by atoms with Crippen molar-refractivity contribution < 1.29 is 4.74 Å². The number of rotatable bonds is 6. The van der Waals surface area contributed by atoms with Crippen molar-refractivity contribution in [1.29, 1.82) is 0 Å². The first kappa shape index (κ1) is 13.9. The molecule has 0 atom stereocenters. The molecule has 0 radical (unpaired) electrons. The number of aliphatic imine (C=N–C) groups is 1. The summed E-state index contributed by atoms with van der Waals surface area (Å²) in [5.74, 6) is 0. The lowest BCUT2D eigenvalue weighted by Crippen LogP contribution is -2.36. The Bertz CT molecular complexity index is 309. The SMILES string of the molecule is C#[N+]CCC1(C(C)=NCCC=C)CCOCC1. The van der Waals surface area contributed by atoms with Crippen LogP contribution >= 0.6 is 0 Å². The molecule has 0 aliphatic carbocycles. The Morgan fingerprint density at radius 3 is 2.82 bits per heavy atom. The molecule has 0 N–H and O–H groups in total. The van der Waals surface area contributed by atoms with E-state index < -0.39 is 0 Å². The van der Waals surface area contributed by atoms with E-state index in [0.717, 1.165) is 45.4 Å². The minimum absolute atomic E-state index is 0.155. The highest BCUT2D eigenvalue weighted by atomic mass is 16.5. The van der Waals surface area contributed by atoms with Crippen molar-refractivity contribution in [3.63, 3.8) is 0 Å². The van der Waals surface area contributed by atoms with Gasteiger partial charge in [0.25, 0.3) is 13.1 Å². The van der Waals surface area contributed by atoms with Crippen LogP contribution in [-0.4, -0.2) is 32.0 Å². The van der Waals surface area contributed by atoms with Gasteiger partial charge in [-0.25, -0.2) is 0 Å². The van der Waals surface area contributed by atoms with Crippen LogP contribution in [0, 0.1) is 12.0 Å². The summed E-state index contributed by atoms with van der Waals surface area (Å²) in [7, 11) is 0. The molecule has 1 saturated heterocycles. The standard InChI is InChI=1S/C14H23N2O/c1-4-5-9-16-13(2)14(6-10-15-3)7-11-17-12-8-14/h3-4H,1,5-12H2,2H3/q+1. The third-order valence-corrected chi connectivity index (χ3v) is 3.62. The van der Waals surface area contributed by atoms with E-state index in [1.54, 1.807) is 0 Å². The van der Waals surface area contributed by atoms with Crippen molar-refractivity contribution >= 4 is 5.71 Å². The van der Waals surface area contributed by atoms with Crippen molar-refractivity contribution in [3.05, 3.63) is 17.5 Å². The van der Waals surface area contributed by atoms with E-state index in [9.17, 15) is 0 Å². The second-order valence-corrected chi connectivity index (χ2v) is 4.59. The molecular weight excluding hydrogens is 212 g/mol. The van der Waals surface area contributed by atoms with E-state index in [1.165, 1.54) is 5.71 Å². The Labute approximate surface area is 104 Å². The fourth-order valence-corrected chi connectivity index (χ4v) is 2.32. The van der Waals surface area contributed by atoms with E-state index in [-0.39, 0.29) is 5.41 Å². The molecule has 0 bridgehead atoms. The molecule has 0 saturated carbocycles. The van der Waals surface area contributed by atoms with Crippen LogP contribution in [0.3, 0.4) is 0 Å². The lowest BCUT2D eigenvalue weighted by Gasteiger charge is -2.35. The molecule has 1 fully saturated rings. The highest BCUT2D eigenvalue weighted by Gasteiger charge is 2.36. The zero-order chi connectivity index (χ0) is 12.6. The van der Waals surface area contributed by atoms with E-state index in [4.69, 9.17) is 11.3 Å². The number of hydrogen-bond acceptors (Lipinski definition) is 2. The van der Waals surface area contributed by atoms with Gasteiger partial charge in [-0.3, -0.25) is 4.99 Å². The molecule has 0 aromatic rings. The van der Waals surface area contributed by atoms with E-state index in [0.29, 0.717) is 6.54 Å². The molecule has 94 valence electrons. The molecule has 0 aromatic heterocycles. The smallest absolute Gasteiger partial charge is 0.264 e. The summed E-state index contributed by atoms with van der Waals surface area (Å²) in [5, 5.41) is 0. The lowest BCUT2D eigenvalue weighted by molar-refractivity contribution is 0.0434. The highest BCUT2D eigenvalue weighted by molar-refractivity contribution is 5.88. The second kappa shape index (κ2) is 7.24. The number of nitrogens with zero attached hydrogens (tertiary/aromatic N) is 2. The van der Waals surface area contributed by atoms with Gasteiger partial charge < -0.3 is 4.74 Å². The molecule has 1 aliphatic rings. The van der Waals surface area contributed by atoms with Gasteiger partial charge in [-0.15, -0.1) is 6.58 Å². The fraction of sp³-hybridized carbons (Fsp3) is 0.714. The van der Waals surface area contributed by atoms with Gasteiger partial charge in [-0.2, -0.15) is 0 Å². The maximum absolute atomic E-state index is 5.45. The Morgan fingerprint density at radius 2 is 2.24 bits per heavy atom. The molecule has 0 unspecified atom stereocenters. The van der Waals surface area contributed by atoms with E-state index in [1.807, 2.05) is 6.08 Å². The minimum atomic E-state index is 0.155. The first-order valence-corrected chi connectivity index (χ1v) is 6.32. The average Bonchev–Trinajstić information content (AvgIpc) is 2.37. The van der Waals surface area contributed by atoms with Crippen molar-refractivity contribution in [1.82, 2.24) is 0 Å². The zero-order valence-electron chi connectivity index (χ0n) is 10.8. The molecule has 17 heavy (non-hydrogen) atoms. The zero-order valence-corrected chi connectivity index (χ0v) is 10.8. The van der Waals surface area contributed by atoms with Crippen LogP contribution in [-0.2, 0) is 4.74 Å². The summed E-state index contributed by atoms with van der Waals surface area (Å²) in [6, 6.07) is 0. The Morgan fingerprint density at radius 1 is 1.53 bits per heavy atom. The van der Waals surface area contributed by atoms with Gasteiger partial charge >= 0.3 is 0 Å². The van der Waals surface area contributed by atoms with E-state index >= 15 is 0 Å². The van der Waals surface area contributed by atoms with Crippen LogP contribution in [0.25, 0.3) is 4.85 Å². The normalized spacial score (nSPS) is 19.6. The predicted octanol–water partition coefficient (Wildman–Crippen LogP) is 3.17. The molecule has 3 nitrogen and oxygen atoms in total. The number of hydrogen-bond donors (Lipinski definition) is 0. The molecule has 3 heteroatoms. The summed E-state index contributed by atoms with van der Waals surface area (Å²) in [5.41, 5.74) is 1.38. The summed E-state index contributed by atoms with van der Waals surface area (Å²) in [6.07, 6.45) is 5.89. The van der Waals surface area contributed by atoms with Gasteiger partial charge in [0.15, 0.2) is 0 Å². The van der Waals surface area contributed by atoms with Crippen molar-refractivity contribution in [2.75, 3.05) is 26.3 Å². The van der Waals surface area contributed by atoms with Crippen LogP contribution < -0.4 is 0 Å². The fourth-order valence-electron chi connectivity index (χ4n) is 2.32. The van der Waals surface area contributed by atoms with Crippen molar-refractivity contribution in [2.24, 2.45) is 10.4 Å². The summed E-state index contributed by atoms with van der Waals surface area (Å²) in [4.78, 5) is 8.41. The van der Waals surface area contributed by atoms with Crippen molar-refractivity contribution in [3.8, 4) is 6.57 Å². The van der Waals surface area contributed by atoms with Crippen molar-refractivity contribution in [2.45, 2.75) is 32.6 Å². The molecule has 0 amide bonds. The lowest BCUT2D eigenvalue weighted by atomic mass is 9.73. The monoisotopic (exact) mass is 235 g/mol. The first-order valence-electron chi connectivity index (χ1n) is 6.32. The number of ether oxygens (including phenoxy) is 1. The summed E-state index contributed by atoms with van der Waals surface area (Å²) >= 11 is 0. The summed E-state index contributed by atoms with van der Waals surface area (Å²) in [6.45, 7) is 14.3. The van der Waals surface area contributed by atoms with Gasteiger partial charge in [0, 0.05) is 37.3 Å².